The molecular weight excluding hydrogens is 268 g/mol. The summed E-state index contributed by atoms with van der Waals surface area (Å²) in [5, 5.41) is 3.63. The topological polar surface area (TPSA) is 71.2 Å². The Morgan fingerprint density at radius 2 is 2.24 bits per heavy atom. The van der Waals surface area contributed by atoms with Crippen LogP contribution in [0.15, 0.2) is 35.1 Å². The Kier molecular flexibility index (Phi) is 4.01. The highest BCUT2D eigenvalue weighted by Gasteiger charge is 2.16. The van der Waals surface area contributed by atoms with Crippen molar-refractivity contribution in [2.45, 2.75) is 25.4 Å². The van der Waals surface area contributed by atoms with E-state index in [0.717, 1.165) is 31.3 Å². The first-order chi connectivity index (χ1) is 10.2. The van der Waals surface area contributed by atoms with Crippen molar-refractivity contribution in [3.63, 3.8) is 0 Å². The van der Waals surface area contributed by atoms with Gasteiger partial charge in [0.15, 0.2) is 0 Å². The van der Waals surface area contributed by atoms with Gasteiger partial charge in [-0.25, -0.2) is 0 Å². The maximum absolute atomic E-state index is 12.3. The summed E-state index contributed by atoms with van der Waals surface area (Å²) in [7, 11) is 0. The third-order valence-electron chi connectivity index (χ3n) is 3.77. The third-order valence-corrected chi connectivity index (χ3v) is 3.77. The van der Waals surface area contributed by atoms with Crippen LogP contribution in [-0.4, -0.2) is 30.1 Å². The lowest BCUT2D eigenvalue weighted by atomic mass is 10.1. The lowest BCUT2D eigenvalue weighted by molar-refractivity contribution is 0.0908. The second kappa shape index (κ2) is 6.10. The van der Waals surface area contributed by atoms with Gasteiger partial charge in [-0.2, -0.15) is 0 Å². The van der Waals surface area contributed by atoms with E-state index >= 15 is 0 Å². The van der Waals surface area contributed by atoms with Gasteiger partial charge in [0, 0.05) is 30.1 Å². The van der Waals surface area contributed by atoms with Gasteiger partial charge in [0.25, 0.3) is 5.91 Å². The number of aromatic amines is 1. The average Bonchev–Trinajstić information content (AvgIpc) is 2.99. The first-order valence-corrected chi connectivity index (χ1v) is 7.26. The normalized spacial score (nSPS) is 18.0. The van der Waals surface area contributed by atoms with Gasteiger partial charge >= 0.3 is 0 Å². The van der Waals surface area contributed by atoms with Crippen LogP contribution in [-0.2, 0) is 4.74 Å². The molecule has 1 amide bonds. The summed E-state index contributed by atoms with van der Waals surface area (Å²) in [6, 6.07) is 8.66. The van der Waals surface area contributed by atoms with Crippen LogP contribution in [0, 0.1) is 0 Å². The minimum absolute atomic E-state index is 0.213. The van der Waals surface area contributed by atoms with Crippen molar-refractivity contribution in [1.29, 1.82) is 0 Å². The zero-order chi connectivity index (χ0) is 14.7. The van der Waals surface area contributed by atoms with Crippen molar-refractivity contribution in [2.24, 2.45) is 0 Å². The van der Waals surface area contributed by atoms with Crippen LogP contribution in [0.2, 0.25) is 0 Å². The van der Waals surface area contributed by atoms with E-state index in [1.165, 1.54) is 6.07 Å². The molecule has 2 N–H and O–H groups in total. The minimum atomic E-state index is -0.266. The number of benzene rings is 1. The van der Waals surface area contributed by atoms with Gasteiger partial charge in [-0.15, -0.1) is 0 Å². The van der Waals surface area contributed by atoms with Gasteiger partial charge in [0.05, 0.1) is 11.7 Å². The van der Waals surface area contributed by atoms with Crippen molar-refractivity contribution < 1.29 is 9.53 Å². The summed E-state index contributed by atoms with van der Waals surface area (Å²) in [5.74, 6) is -0.213. The number of para-hydroxylation sites is 1. The number of pyridine rings is 1. The van der Waals surface area contributed by atoms with Crippen LogP contribution in [0.5, 0.6) is 0 Å². The SMILES string of the molecule is O=C(NCC[C@H]1CCCO1)c1cc(=O)[nH]c2ccccc12. The Morgan fingerprint density at radius 1 is 1.38 bits per heavy atom. The highest BCUT2D eigenvalue weighted by atomic mass is 16.5. The average molecular weight is 286 g/mol. The number of amides is 1. The van der Waals surface area contributed by atoms with Crippen LogP contribution < -0.4 is 10.9 Å². The van der Waals surface area contributed by atoms with Crippen LogP contribution in [0.1, 0.15) is 29.6 Å². The zero-order valence-electron chi connectivity index (χ0n) is 11.7. The molecule has 1 saturated heterocycles. The number of carbonyl (C=O) groups excluding carboxylic acids is 1. The molecule has 5 nitrogen and oxygen atoms in total. The van der Waals surface area contributed by atoms with Gasteiger partial charge in [0.1, 0.15) is 0 Å². The quantitative estimate of drug-likeness (QED) is 0.900. The highest BCUT2D eigenvalue weighted by molar-refractivity contribution is 6.05. The molecule has 1 atom stereocenters. The molecule has 110 valence electrons. The van der Waals surface area contributed by atoms with Crippen LogP contribution in [0.3, 0.4) is 0 Å². The van der Waals surface area contributed by atoms with E-state index in [9.17, 15) is 9.59 Å². The lowest BCUT2D eigenvalue weighted by Gasteiger charge is -2.11. The Hall–Kier alpha value is -2.14. The zero-order valence-corrected chi connectivity index (χ0v) is 11.7. The van der Waals surface area contributed by atoms with E-state index in [1.54, 1.807) is 6.07 Å². The van der Waals surface area contributed by atoms with E-state index in [0.29, 0.717) is 17.6 Å². The standard InChI is InChI=1S/C16H18N2O3/c19-15-10-13(12-5-1-2-6-14(12)18-15)16(20)17-8-7-11-4-3-9-21-11/h1-2,5-6,10-11H,3-4,7-9H2,(H,17,20)(H,18,19)/t11-/m1/s1. The number of ether oxygens (including phenoxy) is 1. The lowest BCUT2D eigenvalue weighted by Crippen LogP contribution is -2.28. The van der Waals surface area contributed by atoms with E-state index in [2.05, 4.69) is 10.3 Å². The number of carbonyl (C=O) groups is 1. The van der Waals surface area contributed by atoms with Gasteiger partial charge in [-0.05, 0) is 25.3 Å². The van der Waals surface area contributed by atoms with Gasteiger partial charge in [-0.1, -0.05) is 18.2 Å². The molecule has 0 aliphatic carbocycles. The number of hydrogen-bond donors (Lipinski definition) is 2. The molecule has 5 heteroatoms. The molecule has 1 aliphatic heterocycles. The number of fused-ring (bicyclic) bond motifs is 1. The van der Waals surface area contributed by atoms with E-state index in [-0.39, 0.29) is 17.6 Å². The van der Waals surface area contributed by atoms with E-state index in [4.69, 9.17) is 4.74 Å². The minimum Gasteiger partial charge on any atom is -0.378 e. The molecule has 0 bridgehead atoms. The summed E-state index contributed by atoms with van der Waals surface area (Å²) in [4.78, 5) is 26.6. The molecule has 3 rings (SSSR count). The summed E-state index contributed by atoms with van der Waals surface area (Å²) in [5.41, 5.74) is 0.828. The second-order valence-corrected chi connectivity index (χ2v) is 5.27. The Balaban J connectivity index is 1.73. The molecule has 2 aromatic rings. The molecule has 2 heterocycles. The Morgan fingerprint density at radius 3 is 3.05 bits per heavy atom. The molecule has 0 spiro atoms. The van der Waals surface area contributed by atoms with E-state index in [1.807, 2.05) is 18.2 Å². The third kappa shape index (κ3) is 3.13. The van der Waals surface area contributed by atoms with Crippen LogP contribution in [0.4, 0.5) is 0 Å². The Labute approximate surface area is 122 Å². The van der Waals surface area contributed by atoms with Gasteiger partial charge < -0.3 is 15.0 Å². The largest absolute Gasteiger partial charge is 0.378 e. The highest BCUT2D eigenvalue weighted by Crippen LogP contribution is 2.16. The number of hydrogen-bond acceptors (Lipinski definition) is 3. The van der Waals surface area contributed by atoms with Crippen molar-refractivity contribution >= 4 is 16.8 Å². The summed E-state index contributed by atoms with van der Waals surface area (Å²) < 4.78 is 5.52. The van der Waals surface area contributed by atoms with Crippen molar-refractivity contribution in [2.75, 3.05) is 13.2 Å². The first kappa shape index (κ1) is 13.8. The maximum atomic E-state index is 12.3. The maximum Gasteiger partial charge on any atom is 0.252 e. The van der Waals surface area contributed by atoms with Crippen molar-refractivity contribution in [3.05, 3.63) is 46.2 Å². The number of nitrogens with one attached hydrogen (secondary N) is 2. The van der Waals surface area contributed by atoms with Gasteiger partial charge in [0.2, 0.25) is 5.56 Å². The van der Waals surface area contributed by atoms with Crippen LogP contribution in [0.25, 0.3) is 10.9 Å². The Bertz CT molecular complexity index is 702. The fourth-order valence-electron chi connectivity index (χ4n) is 2.71. The smallest absolute Gasteiger partial charge is 0.252 e. The molecule has 0 unspecified atom stereocenters. The van der Waals surface area contributed by atoms with Crippen LogP contribution >= 0.6 is 0 Å². The van der Waals surface area contributed by atoms with E-state index < -0.39 is 0 Å². The number of H-pyrrole nitrogens is 1. The van der Waals surface area contributed by atoms with Crippen molar-refractivity contribution in [1.82, 2.24) is 10.3 Å². The second-order valence-electron chi connectivity index (χ2n) is 5.27. The van der Waals surface area contributed by atoms with Gasteiger partial charge in [-0.3, -0.25) is 9.59 Å². The molecule has 1 aromatic carbocycles. The van der Waals surface area contributed by atoms with Crippen molar-refractivity contribution in [3.8, 4) is 0 Å². The molecule has 1 fully saturated rings. The molecule has 0 radical (unpaired) electrons. The molecular formula is C16H18N2O3. The summed E-state index contributed by atoms with van der Waals surface area (Å²) in [6.45, 7) is 1.38. The predicted octanol–water partition coefficient (Wildman–Crippen LogP) is 1.83. The summed E-state index contributed by atoms with van der Waals surface area (Å²) >= 11 is 0. The fraction of sp³-hybridized carbons (Fsp3) is 0.375. The molecule has 21 heavy (non-hydrogen) atoms. The monoisotopic (exact) mass is 286 g/mol. The first-order valence-electron chi connectivity index (χ1n) is 7.26. The molecule has 1 aliphatic rings. The molecule has 0 saturated carbocycles. The molecule has 1 aromatic heterocycles. The fourth-order valence-corrected chi connectivity index (χ4v) is 2.71. The summed E-state index contributed by atoms with van der Waals surface area (Å²) in [6.07, 6.45) is 3.22. The number of aromatic nitrogens is 1. The number of rotatable bonds is 4. The predicted molar refractivity (Wildman–Crippen MR) is 80.5 cm³/mol.